The van der Waals surface area contributed by atoms with Gasteiger partial charge in [0, 0.05) is 6.61 Å². The Bertz CT molecular complexity index is 2180. The maximum Gasteiger partial charge on any atom is 0.0924 e. The molecule has 0 aromatic carbocycles. The van der Waals surface area contributed by atoms with E-state index in [2.05, 4.69) is 158 Å². The molecule has 0 aliphatic carbocycles. The van der Waals surface area contributed by atoms with Crippen molar-refractivity contribution in [2.75, 3.05) is 6.61 Å². The van der Waals surface area contributed by atoms with Crippen LogP contribution in [0.2, 0.25) is 0 Å². The Hall–Kier alpha value is -0.460. The van der Waals surface area contributed by atoms with E-state index in [1.165, 1.54) is 360 Å². The van der Waals surface area contributed by atoms with Crippen molar-refractivity contribution in [1.29, 1.82) is 0 Å². The summed E-state index contributed by atoms with van der Waals surface area (Å²) in [6.07, 6.45) is 93.3. The third kappa shape index (κ3) is 60.0. The summed E-state index contributed by atoms with van der Waals surface area (Å²) in [5.74, 6) is 9.29. The van der Waals surface area contributed by atoms with Crippen molar-refractivity contribution in [2.45, 2.75) is 629 Å². The molecule has 2 saturated heterocycles. The van der Waals surface area contributed by atoms with Gasteiger partial charge in [0.1, 0.15) is 0 Å². The van der Waals surface area contributed by atoms with Crippen LogP contribution in [-0.2, 0) is 18.9 Å². The van der Waals surface area contributed by atoms with Crippen LogP contribution < -0.4 is 0 Å². The minimum Gasteiger partial charge on any atom is -0.387 e. The quantitative estimate of drug-likeness (QED) is 0.0486. The first-order valence-electron chi connectivity index (χ1n) is 54.0. The van der Waals surface area contributed by atoms with Crippen LogP contribution in [0.4, 0.5) is 0 Å². The second-order valence-electron chi connectivity index (χ2n) is 45.0. The van der Waals surface area contributed by atoms with Gasteiger partial charge in [-0.3, -0.25) is 0 Å². The number of hydrogen-bond donors (Lipinski definition) is 1. The largest absolute Gasteiger partial charge is 0.387 e. The zero-order chi connectivity index (χ0) is 86.3. The van der Waals surface area contributed by atoms with E-state index < -0.39 is 22.4 Å². The Balaban J connectivity index is 2.28. The molecule has 117 heavy (non-hydrogen) atoms. The van der Waals surface area contributed by atoms with Crippen LogP contribution in [0, 0.1) is 71.0 Å². The van der Waals surface area contributed by atoms with Gasteiger partial charge >= 0.3 is 0 Å². The average Bonchev–Trinajstić information content (AvgIpc) is 1.73. The number of hydrogen-bond acceptors (Lipinski definition) is 5. The first kappa shape index (κ1) is 113. The number of ether oxygens (including phenoxy) is 4. The number of unbranched alkanes of at least 4 members (excludes halogenated alkanes) is 26. The molecule has 1 N–H and O–H groups in total. The Morgan fingerprint density at radius 2 is 0.573 bits per heavy atom. The van der Waals surface area contributed by atoms with E-state index >= 15 is 0 Å². The molecule has 0 aromatic heterocycles. The van der Waals surface area contributed by atoms with Gasteiger partial charge in [-0.25, -0.2) is 0 Å². The summed E-state index contributed by atoms with van der Waals surface area (Å²) >= 11 is 0. The van der Waals surface area contributed by atoms with Crippen molar-refractivity contribution in [3.63, 3.8) is 0 Å². The molecule has 2 fully saturated rings. The van der Waals surface area contributed by atoms with Gasteiger partial charge in [0.05, 0.1) is 46.8 Å². The molecule has 0 spiro atoms. The van der Waals surface area contributed by atoms with Crippen molar-refractivity contribution in [1.82, 2.24) is 0 Å². The summed E-state index contributed by atoms with van der Waals surface area (Å²) in [5, 5.41) is 12.6. The monoisotopic (exact) mass is 1650 g/mol. The van der Waals surface area contributed by atoms with Crippen molar-refractivity contribution < 1.29 is 24.1 Å². The van der Waals surface area contributed by atoms with Crippen LogP contribution in [-0.4, -0.2) is 58.5 Å². The van der Waals surface area contributed by atoms with Crippen molar-refractivity contribution in [3.05, 3.63) is 12.2 Å². The van der Waals surface area contributed by atoms with E-state index in [0.717, 1.165) is 137 Å². The van der Waals surface area contributed by atoms with Crippen molar-refractivity contribution in [2.24, 2.45) is 71.0 Å². The second-order valence-corrected chi connectivity index (χ2v) is 45.0. The SMILES string of the molecule is CCCCCCCCC=CCCCCCCCCCCCCCCCCCCCCCCOC1CCC(C(C)(CCCC(C)CCCC(C)CCCC(C)C)OC(C)(CCCC(C)CCCC(C)CCCC(C)C)C2CCC(C(C)(O)CCCC(C)CCCC(C)CCCC(C)C)O2)OC1(C)CCCC(C)CCCC(C)CCCC(C)C. The molecule has 16 unspecified atom stereocenters. The van der Waals surface area contributed by atoms with E-state index in [9.17, 15) is 5.11 Å². The lowest BCUT2D eigenvalue weighted by molar-refractivity contribution is -0.287. The molecular formula is C112H220O5. The molecule has 2 aliphatic heterocycles. The summed E-state index contributed by atoms with van der Waals surface area (Å²) in [4.78, 5) is 0. The summed E-state index contributed by atoms with van der Waals surface area (Å²) < 4.78 is 31.1. The standard InChI is InChI=1S/C112H220O5/c1-22-23-24-25-26-27-28-29-30-31-32-33-34-35-36-37-38-39-40-41-42-43-44-45-46-47-48-49-50-51-92-114-106-85-87-108(116-110(106,19)89-61-81-102(15)77-57-73-98(11)69-53-65-94(4)5)112(21,91-63-83-104(17)79-59-75-100(13)71-55-67-96(8)9)117-111(20,90-62-82-103(16)78-58-74-99(12)70-54-66-95(6)7)107-86-84-105(115-107)109(18,113)88-60-80-101(14)76-56-72-97(10)68-52-64-93(2)3/h29-30,93-108,113H,22-28,31-92H2,1-21H3. The minimum atomic E-state index is -0.873. The average molecular weight is 1650 g/mol. The maximum atomic E-state index is 12.6. The lowest BCUT2D eigenvalue weighted by Crippen LogP contribution is -2.60. The third-order valence-electron chi connectivity index (χ3n) is 29.8. The predicted octanol–water partition coefficient (Wildman–Crippen LogP) is 37.4. The molecule has 5 heteroatoms. The van der Waals surface area contributed by atoms with Gasteiger partial charge in [0.2, 0.25) is 0 Å². The van der Waals surface area contributed by atoms with E-state index in [-0.39, 0.29) is 24.4 Å². The van der Waals surface area contributed by atoms with E-state index in [0.29, 0.717) is 17.8 Å². The highest BCUT2D eigenvalue weighted by molar-refractivity contribution is 5.02. The van der Waals surface area contributed by atoms with Crippen LogP contribution in [0.15, 0.2) is 12.2 Å². The fourth-order valence-corrected chi connectivity index (χ4v) is 20.9. The predicted molar refractivity (Wildman–Crippen MR) is 522 cm³/mol. The van der Waals surface area contributed by atoms with Gasteiger partial charge in [-0.15, -0.1) is 0 Å². The van der Waals surface area contributed by atoms with E-state index in [1.807, 2.05) is 0 Å². The molecule has 2 rings (SSSR count). The highest BCUT2D eigenvalue weighted by atomic mass is 16.6. The van der Waals surface area contributed by atoms with Crippen LogP contribution >= 0.6 is 0 Å². The molecule has 2 heterocycles. The zero-order valence-corrected chi connectivity index (χ0v) is 84.3. The number of aliphatic hydroxyl groups is 1. The molecule has 698 valence electrons. The molecule has 0 aromatic rings. The third-order valence-corrected chi connectivity index (χ3v) is 29.8. The van der Waals surface area contributed by atoms with Crippen LogP contribution in [0.1, 0.15) is 582 Å². The highest BCUT2D eigenvalue weighted by Gasteiger charge is 2.54. The van der Waals surface area contributed by atoms with Gasteiger partial charge in [-0.1, -0.05) is 483 Å². The zero-order valence-electron chi connectivity index (χ0n) is 84.3. The summed E-state index contributed by atoms with van der Waals surface area (Å²) in [5.41, 5.74) is -2.31. The van der Waals surface area contributed by atoms with Crippen LogP contribution in [0.25, 0.3) is 0 Å². The lowest BCUT2D eigenvalue weighted by atomic mass is 9.78. The second kappa shape index (κ2) is 70.6. The van der Waals surface area contributed by atoms with Gasteiger partial charge in [0.25, 0.3) is 0 Å². The lowest BCUT2D eigenvalue weighted by Gasteiger charge is -2.53. The van der Waals surface area contributed by atoms with E-state index in [4.69, 9.17) is 18.9 Å². The first-order valence-corrected chi connectivity index (χ1v) is 54.0. The van der Waals surface area contributed by atoms with E-state index in [1.54, 1.807) is 0 Å². The van der Waals surface area contributed by atoms with Gasteiger partial charge in [-0.05, 0) is 182 Å². The van der Waals surface area contributed by atoms with Gasteiger partial charge < -0.3 is 24.1 Å². The Morgan fingerprint density at radius 3 is 0.906 bits per heavy atom. The number of allylic oxidation sites excluding steroid dienone is 2. The molecule has 2 aliphatic rings. The summed E-state index contributed by atoms with van der Waals surface area (Å²) in [6, 6.07) is 0. The Morgan fingerprint density at radius 1 is 0.308 bits per heavy atom. The van der Waals surface area contributed by atoms with Crippen molar-refractivity contribution >= 4 is 0 Å². The molecule has 0 amide bonds. The van der Waals surface area contributed by atoms with Gasteiger partial charge in [0.15, 0.2) is 0 Å². The highest BCUT2D eigenvalue weighted by Crippen LogP contribution is 2.48. The minimum absolute atomic E-state index is 0.0444. The molecule has 5 nitrogen and oxygen atoms in total. The first-order chi connectivity index (χ1) is 56.0. The molecule has 16 atom stereocenters. The van der Waals surface area contributed by atoms with Crippen LogP contribution in [0.5, 0.6) is 0 Å². The summed E-state index contributed by atoms with van der Waals surface area (Å²) in [6.45, 7) is 51.8. The summed E-state index contributed by atoms with van der Waals surface area (Å²) in [7, 11) is 0. The topological polar surface area (TPSA) is 57.2 Å². The van der Waals surface area contributed by atoms with Gasteiger partial charge in [-0.2, -0.15) is 0 Å². The van der Waals surface area contributed by atoms with Crippen molar-refractivity contribution in [3.8, 4) is 0 Å². The molecular weight excluding hydrogens is 1430 g/mol. The molecule has 0 saturated carbocycles. The number of rotatable bonds is 84. The maximum absolute atomic E-state index is 12.6. The Labute approximate surface area is 738 Å². The molecule has 0 bridgehead atoms. The normalized spacial score (nSPS) is 21.4. The smallest absolute Gasteiger partial charge is 0.0924 e. The fraction of sp³-hybridized carbons (Fsp3) is 0.982. The fourth-order valence-electron chi connectivity index (χ4n) is 20.9. The molecule has 0 radical (unpaired) electrons. The Kier molecular flexibility index (Phi) is 67.9. The van der Waals surface area contributed by atoms with Crippen LogP contribution in [0.3, 0.4) is 0 Å².